The molecule has 1 saturated heterocycles. The molecule has 6 nitrogen and oxygen atoms in total. The number of nitrogens with zero attached hydrogens (tertiary/aromatic N) is 1. The van der Waals surface area contributed by atoms with Gasteiger partial charge in [0.05, 0.1) is 17.9 Å². The lowest BCUT2D eigenvalue weighted by atomic mass is 9.95. The quantitative estimate of drug-likeness (QED) is 0.758. The van der Waals surface area contributed by atoms with Crippen LogP contribution in [0.1, 0.15) is 56.3 Å². The summed E-state index contributed by atoms with van der Waals surface area (Å²) in [6.45, 7) is 5.32. The summed E-state index contributed by atoms with van der Waals surface area (Å²) in [6.07, 6.45) is 3.78. The monoisotopic (exact) mass is 360 g/mol. The number of carbonyl (C=O) groups excluding carboxylic acids is 3. The first-order valence-corrected chi connectivity index (χ1v) is 9.41. The molecule has 1 fully saturated rings. The first-order valence-electron chi connectivity index (χ1n) is 9.41. The van der Waals surface area contributed by atoms with Crippen molar-refractivity contribution in [2.75, 3.05) is 25.0 Å². The highest BCUT2D eigenvalue weighted by atomic mass is 16.5. The van der Waals surface area contributed by atoms with E-state index in [0.29, 0.717) is 43.6 Å². The Labute approximate surface area is 154 Å². The average molecular weight is 360 g/mol. The van der Waals surface area contributed by atoms with Gasteiger partial charge in [-0.05, 0) is 38.3 Å². The van der Waals surface area contributed by atoms with Crippen molar-refractivity contribution in [3.05, 3.63) is 29.8 Å². The number of rotatable bonds is 7. The van der Waals surface area contributed by atoms with Crippen molar-refractivity contribution >= 4 is 23.5 Å². The van der Waals surface area contributed by atoms with Crippen LogP contribution in [-0.4, -0.2) is 42.4 Å². The van der Waals surface area contributed by atoms with Crippen molar-refractivity contribution in [3.8, 4) is 0 Å². The molecule has 26 heavy (non-hydrogen) atoms. The van der Waals surface area contributed by atoms with Gasteiger partial charge in [0.25, 0.3) is 0 Å². The van der Waals surface area contributed by atoms with Crippen molar-refractivity contribution in [3.63, 3.8) is 0 Å². The molecule has 0 radical (unpaired) electrons. The van der Waals surface area contributed by atoms with Crippen LogP contribution in [0.4, 0.5) is 5.69 Å². The second-order valence-corrected chi connectivity index (χ2v) is 6.51. The maximum Gasteiger partial charge on any atom is 0.340 e. The lowest BCUT2D eigenvalue weighted by Gasteiger charge is -2.31. The molecule has 1 aromatic carbocycles. The van der Waals surface area contributed by atoms with Gasteiger partial charge in [-0.2, -0.15) is 0 Å². The number of amides is 2. The molecule has 0 aliphatic carbocycles. The summed E-state index contributed by atoms with van der Waals surface area (Å²) in [7, 11) is 0. The van der Waals surface area contributed by atoms with Crippen LogP contribution < -0.4 is 5.32 Å². The van der Waals surface area contributed by atoms with E-state index in [0.717, 1.165) is 12.8 Å². The molecule has 0 bridgehead atoms. The van der Waals surface area contributed by atoms with Crippen molar-refractivity contribution in [2.24, 2.45) is 5.92 Å². The topological polar surface area (TPSA) is 75.7 Å². The third kappa shape index (κ3) is 5.31. The fourth-order valence-corrected chi connectivity index (χ4v) is 3.09. The van der Waals surface area contributed by atoms with Gasteiger partial charge in [0.15, 0.2) is 0 Å². The summed E-state index contributed by atoms with van der Waals surface area (Å²) in [6, 6.07) is 6.85. The molecular weight excluding hydrogens is 332 g/mol. The predicted molar refractivity (Wildman–Crippen MR) is 99.9 cm³/mol. The minimum absolute atomic E-state index is 0.109. The van der Waals surface area contributed by atoms with Crippen LogP contribution in [0.25, 0.3) is 0 Å². The van der Waals surface area contributed by atoms with E-state index in [1.165, 1.54) is 0 Å². The molecule has 2 amide bonds. The molecule has 1 heterocycles. The fourth-order valence-electron chi connectivity index (χ4n) is 3.09. The minimum atomic E-state index is -0.445. The Kier molecular flexibility index (Phi) is 7.63. The van der Waals surface area contributed by atoms with Crippen molar-refractivity contribution in [1.29, 1.82) is 0 Å². The summed E-state index contributed by atoms with van der Waals surface area (Å²) in [5, 5.41) is 2.85. The van der Waals surface area contributed by atoms with E-state index in [1.807, 2.05) is 4.90 Å². The number of esters is 1. The van der Waals surface area contributed by atoms with Gasteiger partial charge < -0.3 is 15.0 Å². The van der Waals surface area contributed by atoms with E-state index in [4.69, 9.17) is 4.74 Å². The predicted octanol–water partition coefficient (Wildman–Crippen LogP) is 3.23. The molecule has 0 saturated carbocycles. The van der Waals surface area contributed by atoms with Gasteiger partial charge in [0.1, 0.15) is 0 Å². The summed E-state index contributed by atoms with van der Waals surface area (Å²) in [5.74, 6) is -0.527. The maximum atomic E-state index is 12.6. The number of anilines is 1. The van der Waals surface area contributed by atoms with Crippen LogP contribution in [-0.2, 0) is 14.3 Å². The van der Waals surface area contributed by atoms with Gasteiger partial charge in [0, 0.05) is 25.4 Å². The molecule has 0 spiro atoms. The number of benzene rings is 1. The van der Waals surface area contributed by atoms with E-state index in [2.05, 4.69) is 12.2 Å². The third-order valence-electron chi connectivity index (χ3n) is 4.64. The number of ether oxygens (including phenoxy) is 1. The Morgan fingerprint density at radius 2 is 1.85 bits per heavy atom. The zero-order valence-electron chi connectivity index (χ0n) is 15.6. The molecule has 1 N–H and O–H groups in total. The number of unbranched alkanes of at least 4 members (excludes halogenated alkanes) is 1. The number of para-hydroxylation sites is 1. The van der Waals surface area contributed by atoms with Crippen molar-refractivity contribution in [1.82, 2.24) is 4.90 Å². The SMILES string of the molecule is CCCCC(=O)N1CCC(C(=O)Nc2ccccc2C(=O)OCC)CC1. The van der Waals surface area contributed by atoms with Crippen LogP contribution in [0.15, 0.2) is 24.3 Å². The van der Waals surface area contributed by atoms with Crippen LogP contribution in [0, 0.1) is 5.92 Å². The van der Waals surface area contributed by atoms with Crippen LogP contribution in [0.5, 0.6) is 0 Å². The number of nitrogens with one attached hydrogen (secondary N) is 1. The fraction of sp³-hybridized carbons (Fsp3) is 0.550. The standard InChI is InChI=1S/C20H28N2O4/c1-3-5-10-18(23)22-13-11-15(12-14-22)19(24)21-17-9-7-6-8-16(17)20(25)26-4-2/h6-9,15H,3-5,10-14H2,1-2H3,(H,21,24). The number of carbonyl (C=O) groups is 3. The van der Waals surface area contributed by atoms with Gasteiger partial charge in [-0.25, -0.2) is 4.79 Å². The zero-order valence-corrected chi connectivity index (χ0v) is 15.6. The van der Waals surface area contributed by atoms with Crippen LogP contribution >= 0.6 is 0 Å². The highest BCUT2D eigenvalue weighted by Crippen LogP contribution is 2.22. The number of piperidine rings is 1. The molecular formula is C20H28N2O4. The van der Waals surface area contributed by atoms with Crippen molar-refractivity contribution < 1.29 is 19.1 Å². The first-order chi connectivity index (χ1) is 12.6. The first kappa shape index (κ1) is 19.9. The summed E-state index contributed by atoms with van der Waals surface area (Å²) in [5.41, 5.74) is 0.826. The minimum Gasteiger partial charge on any atom is -0.462 e. The molecule has 142 valence electrons. The van der Waals surface area contributed by atoms with Gasteiger partial charge in [0.2, 0.25) is 11.8 Å². The van der Waals surface area contributed by atoms with E-state index in [9.17, 15) is 14.4 Å². The average Bonchev–Trinajstić information content (AvgIpc) is 2.66. The molecule has 1 aliphatic rings. The van der Waals surface area contributed by atoms with Crippen LogP contribution in [0.3, 0.4) is 0 Å². The van der Waals surface area contributed by atoms with Crippen LogP contribution in [0.2, 0.25) is 0 Å². The maximum absolute atomic E-state index is 12.6. The lowest BCUT2D eigenvalue weighted by Crippen LogP contribution is -2.41. The van der Waals surface area contributed by atoms with Crippen molar-refractivity contribution in [2.45, 2.75) is 46.0 Å². The Hall–Kier alpha value is -2.37. The molecule has 0 aromatic heterocycles. The zero-order chi connectivity index (χ0) is 18.9. The second kappa shape index (κ2) is 9.94. The molecule has 0 atom stereocenters. The van der Waals surface area contributed by atoms with Gasteiger partial charge in [-0.15, -0.1) is 0 Å². The second-order valence-electron chi connectivity index (χ2n) is 6.51. The highest BCUT2D eigenvalue weighted by Gasteiger charge is 2.27. The lowest BCUT2D eigenvalue weighted by molar-refractivity contribution is -0.134. The number of hydrogen-bond acceptors (Lipinski definition) is 4. The molecule has 2 rings (SSSR count). The largest absolute Gasteiger partial charge is 0.462 e. The Morgan fingerprint density at radius 1 is 1.15 bits per heavy atom. The van der Waals surface area contributed by atoms with Gasteiger partial charge in [-0.1, -0.05) is 25.5 Å². The summed E-state index contributed by atoms with van der Waals surface area (Å²) >= 11 is 0. The molecule has 6 heteroatoms. The number of hydrogen-bond donors (Lipinski definition) is 1. The van der Waals surface area contributed by atoms with Gasteiger partial charge >= 0.3 is 5.97 Å². The molecule has 1 aliphatic heterocycles. The Balaban J connectivity index is 1.92. The summed E-state index contributed by atoms with van der Waals surface area (Å²) in [4.78, 5) is 38.5. The van der Waals surface area contributed by atoms with E-state index in [-0.39, 0.29) is 24.3 Å². The van der Waals surface area contributed by atoms with E-state index >= 15 is 0 Å². The summed E-state index contributed by atoms with van der Waals surface area (Å²) < 4.78 is 5.03. The van der Waals surface area contributed by atoms with E-state index < -0.39 is 5.97 Å². The number of likely N-dealkylation sites (tertiary alicyclic amines) is 1. The normalized spacial score (nSPS) is 14.8. The molecule has 0 unspecified atom stereocenters. The smallest absolute Gasteiger partial charge is 0.340 e. The van der Waals surface area contributed by atoms with Gasteiger partial charge in [-0.3, -0.25) is 9.59 Å². The van der Waals surface area contributed by atoms with E-state index in [1.54, 1.807) is 31.2 Å². The third-order valence-corrected chi connectivity index (χ3v) is 4.64. The Bertz CT molecular complexity index is 636. The Morgan fingerprint density at radius 3 is 2.50 bits per heavy atom. The highest BCUT2D eigenvalue weighted by molar-refractivity contribution is 6.01. The molecule has 1 aromatic rings.